The molecule has 3 aromatic rings. The molecule has 0 spiro atoms. The minimum absolute atomic E-state index is 0.0146. The number of carbonyl (C=O) groups excluding carboxylic acids is 1. The van der Waals surface area contributed by atoms with Gasteiger partial charge in [0.15, 0.2) is 5.78 Å². The number of nitriles is 1. The van der Waals surface area contributed by atoms with E-state index in [2.05, 4.69) is 28.9 Å². The van der Waals surface area contributed by atoms with Gasteiger partial charge in [-0.1, -0.05) is 25.5 Å². The average molecular weight is 496 g/mol. The molecule has 0 saturated heterocycles. The smallest absolute Gasteiger partial charge is 0.195 e. The minimum atomic E-state index is -0.0146. The Balaban J connectivity index is 1.72. The molecule has 0 N–H and O–H groups in total. The van der Waals surface area contributed by atoms with Crippen LogP contribution in [0.5, 0.6) is 11.5 Å². The molecule has 6 heteroatoms. The fourth-order valence-corrected chi connectivity index (χ4v) is 4.88. The molecule has 31 heavy (non-hydrogen) atoms. The quantitative estimate of drug-likeness (QED) is 0.241. The van der Waals surface area contributed by atoms with E-state index >= 15 is 0 Å². The van der Waals surface area contributed by atoms with Gasteiger partial charge in [0.1, 0.15) is 18.1 Å². The summed E-state index contributed by atoms with van der Waals surface area (Å²) in [5.74, 6) is 1.37. The maximum atomic E-state index is 12.6. The zero-order valence-electron chi connectivity index (χ0n) is 17.4. The summed E-state index contributed by atoms with van der Waals surface area (Å²) >= 11 is 5.08. The largest absolute Gasteiger partial charge is 0.496 e. The molecule has 2 aromatic carbocycles. The Hall–Kier alpha value is -2.88. The van der Waals surface area contributed by atoms with Gasteiger partial charge in [-0.15, -0.1) is 11.3 Å². The van der Waals surface area contributed by atoms with Crippen molar-refractivity contribution in [3.63, 3.8) is 0 Å². The van der Waals surface area contributed by atoms with Gasteiger partial charge in [-0.25, -0.2) is 0 Å². The molecule has 0 bridgehead atoms. The number of halogens is 1. The second-order valence-corrected chi connectivity index (χ2v) is 8.82. The average Bonchev–Trinajstić information content (AvgIpc) is 3.17. The Morgan fingerprint density at radius 3 is 2.65 bits per heavy atom. The molecule has 0 radical (unpaired) electrons. The van der Waals surface area contributed by atoms with Crippen LogP contribution in [0.1, 0.15) is 44.6 Å². The fraction of sp³-hybridized carbons (Fsp3) is 0.200. The minimum Gasteiger partial charge on any atom is -0.496 e. The second-order valence-electron chi connectivity index (χ2n) is 6.83. The van der Waals surface area contributed by atoms with Crippen LogP contribution in [0.3, 0.4) is 0 Å². The molecular weight excluding hydrogens is 474 g/mol. The summed E-state index contributed by atoms with van der Waals surface area (Å²) in [4.78, 5) is 14.5. The molecule has 0 saturated carbocycles. The zero-order valence-corrected chi connectivity index (χ0v) is 19.8. The molecule has 4 nitrogen and oxygen atoms in total. The highest BCUT2D eigenvalue weighted by Crippen LogP contribution is 2.29. The molecule has 3 rings (SSSR count). The van der Waals surface area contributed by atoms with Gasteiger partial charge in [0.2, 0.25) is 0 Å². The number of allylic oxidation sites excluding steroid dienone is 1. The van der Waals surface area contributed by atoms with Gasteiger partial charge >= 0.3 is 0 Å². The lowest BCUT2D eigenvalue weighted by molar-refractivity contribution is 0.105. The summed E-state index contributed by atoms with van der Waals surface area (Å²) in [6, 6.07) is 16.6. The lowest BCUT2D eigenvalue weighted by Gasteiger charge is -2.11. The van der Waals surface area contributed by atoms with Crippen LogP contribution in [-0.2, 0) is 13.0 Å². The molecular formula is C25H22BrNO3S. The summed E-state index contributed by atoms with van der Waals surface area (Å²) in [7, 11) is 1.61. The standard InChI is InChI=1S/C25H22BrNO3S/c1-3-4-24-21(26)14-25(31-24)22(28)11-7-17-8-12-23(29-2)19(13-17)16-30-20-9-5-18(15-27)6-10-20/h5-14H,3-4,16H2,1-2H3/b11-7+. The molecule has 0 aliphatic heterocycles. The third-order valence-corrected chi connectivity index (χ3v) is 6.77. The van der Waals surface area contributed by atoms with Gasteiger partial charge in [0.05, 0.1) is 23.6 Å². The predicted octanol–water partition coefficient (Wildman–Crippen LogP) is 6.82. The third-order valence-electron chi connectivity index (χ3n) is 4.59. The van der Waals surface area contributed by atoms with E-state index in [0.717, 1.165) is 33.3 Å². The van der Waals surface area contributed by atoms with Crippen LogP contribution in [0.4, 0.5) is 0 Å². The highest BCUT2D eigenvalue weighted by molar-refractivity contribution is 9.10. The van der Waals surface area contributed by atoms with Crippen molar-refractivity contribution < 1.29 is 14.3 Å². The molecule has 0 amide bonds. The maximum absolute atomic E-state index is 12.6. The first-order chi connectivity index (χ1) is 15.0. The lowest BCUT2D eigenvalue weighted by atomic mass is 10.1. The predicted molar refractivity (Wildman–Crippen MR) is 128 cm³/mol. The summed E-state index contributed by atoms with van der Waals surface area (Å²) in [6.45, 7) is 2.43. The summed E-state index contributed by atoms with van der Waals surface area (Å²) in [5.41, 5.74) is 2.34. The first kappa shape index (κ1) is 22.8. The van der Waals surface area contributed by atoms with Crippen LogP contribution >= 0.6 is 27.3 Å². The van der Waals surface area contributed by atoms with Crippen molar-refractivity contribution in [1.82, 2.24) is 0 Å². The number of aryl methyl sites for hydroxylation is 1. The van der Waals surface area contributed by atoms with Crippen molar-refractivity contribution in [2.75, 3.05) is 7.11 Å². The van der Waals surface area contributed by atoms with E-state index in [0.29, 0.717) is 23.7 Å². The Morgan fingerprint density at radius 2 is 1.97 bits per heavy atom. The van der Waals surface area contributed by atoms with E-state index in [9.17, 15) is 4.79 Å². The van der Waals surface area contributed by atoms with E-state index in [1.54, 1.807) is 43.5 Å². The van der Waals surface area contributed by atoms with E-state index < -0.39 is 0 Å². The normalized spacial score (nSPS) is 10.8. The number of methoxy groups -OCH3 is 1. The number of nitrogens with zero attached hydrogens (tertiary/aromatic N) is 1. The number of hydrogen-bond acceptors (Lipinski definition) is 5. The maximum Gasteiger partial charge on any atom is 0.195 e. The van der Waals surface area contributed by atoms with E-state index in [1.165, 1.54) is 16.2 Å². The van der Waals surface area contributed by atoms with Crippen molar-refractivity contribution >= 4 is 39.1 Å². The number of rotatable bonds is 9. The molecule has 0 aliphatic carbocycles. The van der Waals surface area contributed by atoms with Crippen molar-refractivity contribution in [2.24, 2.45) is 0 Å². The van der Waals surface area contributed by atoms with Crippen molar-refractivity contribution in [1.29, 1.82) is 5.26 Å². The number of carbonyl (C=O) groups is 1. The fourth-order valence-electron chi connectivity index (χ4n) is 2.98. The van der Waals surface area contributed by atoms with Gasteiger partial charge in [0, 0.05) is 14.9 Å². The van der Waals surface area contributed by atoms with Crippen molar-refractivity contribution in [3.8, 4) is 17.6 Å². The van der Waals surface area contributed by atoms with E-state index in [-0.39, 0.29) is 5.78 Å². The van der Waals surface area contributed by atoms with Crippen LogP contribution in [-0.4, -0.2) is 12.9 Å². The van der Waals surface area contributed by atoms with Crippen LogP contribution < -0.4 is 9.47 Å². The van der Waals surface area contributed by atoms with Gasteiger partial charge in [-0.3, -0.25) is 4.79 Å². The topological polar surface area (TPSA) is 59.3 Å². The molecule has 158 valence electrons. The third kappa shape index (κ3) is 6.06. The number of benzene rings is 2. The Kier molecular flexibility index (Phi) is 8.05. The highest BCUT2D eigenvalue weighted by atomic mass is 79.9. The number of ketones is 1. The van der Waals surface area contributed by atoms with Gasteiger partial charge in [-0.2, -0.15) is 5.26 Å². The summed E-state index contributed by atoms with van der Waals surface area (Å²) in [5, 5.41) is 8.90. The Labute approximate surface area is 194 Å². The summed E-state index contributed by atoms with van der Waals surface area (Å²) in [6.07, 6.45) is 5.41. The Morgan fingerprint density at radius 1 is 1.19 bits per heavy atom. The molecule has 0 aliphatic rings. The zero-order chi connectivity index (χ0) is 22.2. The van der Waals surface area contributed by atoms with Gasteiger partial charge < -0.3 is 9.47 Å². The second kappa shape index (κ2) is 10.9. The monoisotopic (exact) mass is 495 g/mol. The first-order valence-corrected chi connectivity index (χ1v) is 11.5. The number of thiophene rings is 1. The van der Waals surface area contributed by atoms with Crippen LogP contribution in [0.15, 0.2) is 59.1 Å². The van der Waals surface area contributed by atoms with E-state index in [1.807, 2.05) is 24.3 Å². The molecule has 0 unspecified atom stereocenters. The van der Waals surface area contributed by atoms with Crippen molar-refractivity contribution in [3.05, 3.63) is 85.5 Å². The van der Waals surface area contributed by atoms with Crippen molar-refractivity contribution in [2.45, 2.75) is 26.4 Å². The molecule has 0 fully saturated rings. The van der Waals surface area contributed by atoms with Gasteiger partial charge in [-0.05, 0) is 76.5 Å². The highest BCUT2D eigenvalue weighted by Gasteiger charge is 2.11. The van der Waals surface area contributed by atoms with Crippen LogP contribution in [0.2, 0.25) is 0 Å². The summed E-state index contributed by atoms with van der Waals surface area (Å²) < 4.78 is 12.3. The SMILES string of the molecule is CCCc1sc(C(=O)/C=C/c2ccc(OC)c(COc3ccc(C#N)cc3)c2)cc1Br. The van der Waals surface area contributed by atoms with E-state index in [4.69, 9.17) is 14.7 Å². The lowest BCUT2D eigenvalue weighted by Crippen LogP contribution is -1.99. The first-order valence-electron chi connectivity index (χ1n) is 9.84. The molecule has 1 heterocycles. The molecule has 1 aromatic heterocycles. The van der Waals surface area contributed by atoms with Gasteiger partial charge in [0.25, 0.3) is 0 Å². The number of ether oxygens (including phenoxy) is 2. The van der Waals surface area contributed by atoms with Crippen LogP contribution in [0.25, 0.3) is 6.08 Å². The molecule has 0 atom stereocenters. The Bertz CT molecular complexity index is 1130. The number of hydrogen-bond donors (Lipinski definition) is 0. The van der Waals surface area contributed by atoms with Crippen LogP contribution in [0, 0.1) is 11.3 Å².